The summed E-state index contributed by atoms with van der Waals surface area (Å²) >= 11 is 1.52. The number of nitrogens with two attached hydrogens (primary N) is 1. The van der Waals surface area contributed by atoms with Crippen LogP contribution in [0.2, 0.25) is 0 Å². The highest BCUT2D eigenvalue weighted by atomic mass is 32.1. The number of carbonyl (C=O) groups excluding carboxylic acids is 1. The first-order valence-corrected chi connectivity index (χ1v) is 10.2. The lowest BCUT2D eigenvalue weighted by atomic mass is 9.74. The molecule has 140 valence electrons. The van der Waals surface area contributed by atoms with E-state index in [1.807, 2.05) is 40.3 Å². The predicted molar refractivity (Wildman–Crippen MR) is 101 cm³/mol. The number of hydrogen-bond donors (Lipinski definition) is 3. The third-order valence-electron chi connectivity index (χ3n) is 5.92. The van der Waals surface area contributed by atoms with Crippen LogP contribution < -0.4 is 14.8 Å². The van der Waals surface area contributed by atoms with E-state index in [0.717, 1.165) is 59.0 Å². The van der Waals surface area contributed by atoms with Crippen molar-refractivity contribution < 1.29 is 19.6 Å². The van der Waals surface area contributed by atoms with Gasteiger partial charge in [0.05, 0.1) is 30.4 Å². The summed E-state index contributed by atoms with van der Waals surface area (Å²) in [5, 5.41) is 14.5. The molecule has 0 aromatic carbocycles. The average Bonchev–Trinajstić information content (AvgIpc) is 3.37. The van der Waals surface area contributed by atoms with Crippen LogP contribution in [0, 0.1) is 5.41 Å². The minimum Gasteiger partial charge on any atom is -0.345 e. The molecule has 0 atom stereocenters. The summed E-state index contributed by atoms with van der Waals surface area (Å²) < 4.78 is 1.95. The van der Waals surface area contributed by atoms with Gasteiger partial charge in [0.2, 0.25) is 6.20 Å². The molecule has 0 bridgehead atoms. The van der Waals surface area contributed by atoms with Crippen molar-refractivity contribution in [2.24, 2.45) is 5.41 Å². The maximum atomic E-state index is 12.8. The standard InChI is InChI=1S/C19H17N7OS/c27-18(25-10-19(11-25)8-20-9-19)16-1-12(7-28-16)15-5-24-26-6-14(2-21-17(15)26)13-3-22-23-4-13/h1-7,20H,8-11H2,(H,22,23)/p+3. The van der Waals surface area contributed by atoms with Gasteiger partial charge in [-0.1, -0.05) is 0 Å². The van der Waals surface area contributed by atoms with Gasteiger partial charge in [0, 0.05) is 30.4 Å². The number of rotatable bonds is 3. The number of amides is 1. The van der Waals surface area contributed by atoms with Gasteiger partial charge in [-0.15, -0.1) is 11.3 Å². The Morgan fingerprint density at radius 3 is 2.93 bits per heavy atom. The number of quaternary nitrogens is 1. The number of thiophene rings is 1. The van der Waals surface area contributed by atoms with E-state index in [4.69, 9.17) is 0 Å². The first-order chi connectivity index (χ1) is 13.7. The van der Waals surface area contributed by atoms with Crippen LogP contribution in [-0.2, 0) is 0 Å². The molecule has 8 nitrogen and oxygen atoms in total. The van der Waals surface area contributed by atoms with Crippen molar-refractivity contribution in [3.05, 3.63) is 47.3 Å². The lowest BCUT2D eigenvalue weighted by Crippen LogP contribution is -3.04. The average molecular weight is 394 g/mol. The van der Waals surface area contributed by atoms with Gasteiger partial charge in [0.1, 0.15) is 11.0 Å². The minimum atomic E-state index is 0.160. The summed E-state index contributed by atoms with van der Waals surface area (Å²) in [7, 11) is 0. The van der Waals surface area contributed by atoms with Crippen molar-refractivity contribution in [2.45, 2.75) is 0 Å². The fraction of sp³-hybridized carbons (Fsp3) is 0.263. The Hall–Kier alpha value is -3.04. The molecule has 4 aromatic rings. The Bertz CT molecular complexity index is 1180. The molecule has 1 spiro atoms. The second-order valence-electron chi connectivity index (χ2n) is 7.82. The first-order valence-electron chi connectivity index (χ1n) is 9.34. The van der Waals surface area contributed by atoms with E-state index >= 15 is 0 Å². The molecule has 6 rings (SSSR count). The normalized spacial score (nSPS) is 17.6. The molecule has 2 saturated heterocycles. The molecule has 6 heterocycles. The molecule has 0 saturated carbocycles. The number of hydrogen-bond acceptors (Lipinski definition) is 3. The fourth-order valence-electron chi connectivity index (χ4n) is 4.22. The van der Waals surface area contributed by atoms with Crippen molar-refractivity contribution in [3.8, 4) is 22.3 Å². The smallest absolute Gasteiger partial charge is 0.345 e. The lowest BCUT2D eigenvalue weighted by Gasteiger charge is -2.52. The maximum absolute atomic E-state index is 12.8. The maximum Gasteiger partial charge on any atom is 0.480 e. The monoisotopic (exact) mass is 394 g/mol. The highest BCUT2D eigenvalue weighted by Crippen LogP contribution is 2.34. The molecule has 9 heteroatoms. The van der Waals surface area contributed by atoms with Gasteiger partial charge in [0.25, 0.3) is 5.91 Å². The van der Waals surface area contributed by atoms with E-state index in [0.29, 0.717) is 5.41 Å². The Morgan fingerprint density at radius 2 is 2.18 bits per heavy atom. The van der Waals surface area contributed by atoms with Crippen LogP contribution in [0.4, 0.5) is 0 Å². The van der Waals surface area contributed by atoms with Crippen molar-refractivity contribution >= 4 is 22.9 Å². The van der Waals surface area contributed by atoms with Gasteiger partial charge in [-0.25, -0.2) is 0 Å². The fourth-order valence-corrected chi connectivity index (χ4v) is 5.09. The molecule has 4 aromatic heterocycles. The number of likely N-dealkylation sites (tertiary alicyclic amines) is 1. The summed E-state index contributed by atoms with van der Waals surface area (Å²) in [6.45, 7) is 4.14. The van der Waals surface area contributed by atoms with Crippen LogP contribution in [0.15, 0.2) is 42.4 Å². The molecular weight excluding hydrogens is 374 g/mol. The Kier molecular flexibility index (Phi) is 3.27. The first kappa shape index (κ1) is 16.0. The second-order valence-corrected chi connectivity index (χ2v) is 8.73. The van der Waals surface area contributed by atoms with Gasteiger partial charge < -0.3 is 10.2 Å². The van der Waals surface area contributed by atoms with Gasteiger partial charge in [0.15, 0.2) is 11.8 Å². The molecule has 1 amide bonds. The molecule has 0 radical (unpaired) electrons. The Balaban J connectivity index is 1.27. The number of carbonyl (C=O) groups is 1. The third kappa shape index (κ3) is 2.33. The SMILES string of the molecule is O=C(c1cc(-c2c[nH][n+]3cc(-c4cn[nH]c4)c[nH+]c23)cs1)N1CC2(C[NH2+]C2)C1. The van der Waals surface area contributed by atoms with E-state index in [1.165, 1.54) is 11.3 Å². The Labute approximate surface area is 164 Å². The third-order valence-corrected chi connectivity index (χ3v) is 6.84. The quantitative estimate of drug-likeness (QED) is 0.416. The van der Waals surface area contributed by atoms with E-state index in [9.17, 15) is 4.79 Å². The van der Waals surface area contributed by atoms with Crippen molar-refractivity contribution in [2.75, 3.05) is 26.2 Å². The second kappa shape index (κ2) is 5.73. The summed E-state index contributed by atoms with van der Waals surface area (Å²) in [6, 6.07) is 2.01. The zero-order valence-electron chi connectivity index (χ0n) is 15.1. The number of H-pyrrole nitrogens is 3. The van der Waals surface area contributed by atoms with Crippen LogP contribution >= 0.6 is 11.3 Å². The van der Waals surface area contributed by atoms with Crippen molar-refractivity contribution in [3.63, 3.8) is 0 Å². The van der Waals surface area contributed by atoms with Crippen LogP contribution in [0.3, 0.4) is 0 Å². The van der Waals surface area contributed by atoms with E-state index in [2.05, 4.69) is 31.0 Å². The van der Waals surface area contributed by atoms with Crippen LogP contribution in [-0.4, -0.2) is 52.3 Å². The van der Waals surface area contributed by atoms with E-state index < -0.39 is 0 Å². The lowest BCUT2D eigenvalue weighted by molar-refractivity contribution is -0.747. The highest BCUT2D eigenvalue weighted by molar-refractivity contribution is 7.12. The van der Waals surface area contributed by atoms with E-state index in [1.54, 1.807) is 6.20 Å². The van der Waals surface area contributed by atoms with Gasteiger partial charge >= 0.3 is 5.65 Å². The molecular formula is C19H20N7OS+3. The Morgan fingerprint density at radius 1 is 1.29 bits per heavy atom. The zero-order valence-corrected chi connectivity index (χ0v) is 15.9. The molecule has 5 N–H and O–H groups in total. The van der Waals surface area contributed by atoms with Gasteiger partial charge in [-0.05, 0) is 16.0 Å². The number of fused-ring (bicyclic) bond motifs is 1. The van der Waals surface area contributed by atoms with Crippen LogP contribution in [0.25, 0.3) is 27.9 Å². The number of nitrogens with zero attached hydrogens (tertiary/aromatic N) is 3. The van der Waals surface area contributed by atoms with Gasteiger partial charge in [-0.2, -0.15) is 15.2 Å². The number of nitrogens with one attached hydrogen (secondary N) is 3. The molecule has 2 aliphatic rings. The van der Waals surface area contributed by atoms with Crippen LogP contribution in [0.1, 0.15) is 9.67 Å². The molecule has 0 aliphatic carbocycles. The molecule has 2 aliphatic heterocycles. The molecule has 28 heavy (non-hydrogen) atoms. The largest absolute Gasteiger partial charge is 0.480 e. The minimum absolute atomic E-state index is 0.160. The number of aromatic amines is 3. The van der Waals surface area contributed by atoms with Crippen molar-refractivity contribution in [1.82, 2.24) is 20.2 Å². The van der Waals surface area contributed by atoms with Crippen LogP contribution in [0.5, 0.6) is 0 Å². The van der Waals surface area contributed by atoms with Crippen molar-refractivity contribution in [1.29, 1.82) is 0 Å². The van der Waals surface area contributed by atoms with E-state index in [-0.39, 0.29) is 5.91 Å². The predicted octanol–water partition coefficient (Wildman–Crippen LogP) is -0.295. The summed E-state index contributed by atoms with van der Waals surface area (Å²) in [5.41, 5.74) is 5.50. The zero-order chi connectivity index (χ0) is 18.7. The summed E-state index contributed by atoms with van der Waals surface area (Å²) in [6.07, 6.45) is 9.60. The summed E-state index contributed by atoms with van der Waals surface area (Å²) in [4.78, 5) is 18.9. The molecule has 2 fully saturated rings. The molecule has 0 unspecified atom stereocenters. The topological polar surface area (TPSA) is 99.6 Å². The summed E-state index contributed by atoms with van der Waals surface area (Å²) in [5.74, 6) is 0.160. The number of aromatic nitrogens is 5. The van der Waals surface area contributed by atoms with Gasteiger partial charge in [-0.3, -0.25) is 9.89 Å². The highest BCUT2D eigenvalue weighted by Gasteiger charge is 2.53.